The molecule has 7 heteroatoms. The average molecular weight is 279 g/mol. The van der Waals surface area contributed by atoms with Crippen LogP contribution in [0.25, 0.3) is 5.95 Å². The van der Waals surface area contributed by atoms with Gasteiger partial charge in [-0.3, -0.25) is 0 Å². The maximum atomic E-state index is 5.91. The third-order valence-electron chi connectivity index (χ3n) is 3.31. The number of halogens is 1. The molecule has 1 N–H and O–H groups in total. The number of rotatable bonds is 5. The van der Waals surface area contributed by atoms with E-state index < -0.39 is 0 Å². The van der Waals surface area contributed by atoms with Crippen LogP contribution in [-0.2, 0) is 0 Å². The summed E-state index contributed by atoms with van der Waals surface area (Å²) in [5.41, 5.74) is 0. The van der Waals surface area contributed by atoms with Gasteiger partial charge in [0.15, 0.2) is 0 Å². The fourth-order valence-corrected chi connectivity index (χ4v) is 2.15. The second-order valence-corrected chi connectivity index (χ2v) is 5.21. The highest BCUT2D eigenvalue weighted by molar-refractivity contribution is 6.28. The van der Waals surface area contributed by atoms with Crippen LogP contribution in [0.3, 0.4) is 0 Å². The number of nitrogens with zero attached hydrogens (tertiary/aromatic N) is 5. The van der Waals surface area contributed by atoms with E-state index in [1.54, 1.807) is 23.1 Å². The van der Waals surface area contributed by atoms with Crippen LogP contribution in [0.4, 0.5) is 5.95 Å². The van der Waals surface area contributed by atoms with E-state index >= 15 is 0 Å². The molecular weight excluding hydrogens is 264 g/mol. The third kappa shape index (κ3) is 3.01. The van der Waals surface area contributed by atoms with Crippen molar-refractivity contribution in [2.75, 3.05) is 11.9 Å². The second kappa shape index (κ2) is 5.13. The minimum atomic E-state index is 0.169. The van der Waals surface area contributed by atoms with Gasteiger partial charge in [0.25, 0.3) is 5.95 Å². The summed E-state index contributed by atoms with van der Waals surface area (Å²) in [7, 11) is 0. The van der Waals surface area contributed by atoms with Crippen molar-refractivity contribution in [3.63, 3.8) is 0 Å². The molecule has 1 atom stereocenters. The number of nitrogens with one attached hydrogen (secondary N) is 1. The van der Waals surface area contributed by atoms with Gasteiger partial charge in [-0.1, -0.05) is 6.92 Å². The number of anilines is 1. The van der Waals surface area contributed by atoms with E-state index in [-0.39, 0.29) is 5.28 Å². The van der Waals surface area contributed by atoms with E-state index in [2.05, 4.69) is 32.3 Å². The van der Waals surface area contributed by atoms with Crippen molar-refractivity contribution in [1.82, 2.24) is 24.7 Å². The molecule has 0 saturated heterocycles. The molecule has 0 aromatic carbocycles. The molecule has 0 aliphatic heterocycles. The largest absolute Gasteiger partial charge is 0.354 e. The highest BCUT2D eigenvalue weighted by Crippen LogP contribution is 2.36. The van der Waals surface area contributed by atoms with Gasteiger partial charge in [-0.2, -0.15) is 20.1 Å². The van der Waals surface area contributed by atoms with Gasteiger partial charge < -0.3 is 5.32 Å². The predicted octanol–water partition coefficient (Wildman–Crippen LogP) is 2.17. The zero-order valence-electron chi connectivity index (χ0n) is 10.6. The molecule has 0 radical (unpaired) electrons. The first-order valence-electron chi connectivity index (χ1n) is 6.38. The Hall–Kier alpha value is -1.69. The number of hydrogen-bond donors (Lipinski definition) is 1. The van der Waals surface area contributed by atoms with Gasteiger partial charge in [-0.15, -0.1) is 0 Å². The smallest absolute Gasteiger partial charge is 0.256 e. The van der Waals surface area contributed by atoms with Crippen molar-refractivity contribution in [1.29, 1.82) is 0 Å². The Morgan fingerprint density at radius 3 is 2.95 bits per heavy atom. The van der Waals surface area contributed by atoms with E-state index in [0.717, 1.165) is 12.5 Å². The summed E-state index contributed by atoms with van der Waals surface area (Å²) < 4.78 is 1.56. The molecule has 1 aliphatic rings. The minimum absolute atomic E-state index is 0.169. The molecule has 100 valence electrons. The summed E-state index contributed by atoms with van der Waals surface area (Å²) in [4.78, 5) is 12.5. The van der Waals surface area contributed by atoms with Crippen LogP contribution in [-0.4, -0.2) is 31.3 Å². The summed E-state index contributed by atoms with van der Waals surface area (Å²) in [6, 6.07) is 1.81. The Labute approximate surface area is 116 Å². The van der Waals surface area contributed by atoms with Crippen LogP contribution in [0.5, 0.6) is 0 Å². The summed E-state index contributed by atoms with van der Waals surface area (Å²) in [5.74, 6) is 2.39. The van der Waals surface area contributed by atoms with Gasteiger partial charge in [0.05, 0.1) is 0 Å². The first kappa shape index (κ1) is 12.3. The van der Waals surface area contributed by atoms with Crippen molar-refractivity contribution < 1.29 is 0 Å². The molecule has 0 spiro atoms. The molecule has 1 fully saturated rings. The summed E-state index contributed by atoms with van der Waals surface area (Å²) >= 11 is 5.91. The Balaban J connectivity index is 1.74. The summed E-state index contributed by atoms with van der Waals surface area (Å²) in [6.07, 6.45) is 6.10. The third-order valence-corrected chi connectivity index (χ3v) is 3.48. The van der Waals surface area contributed by atoms with Crippen molar-refractivity contribution in [2.45, 2.75) is 19.8 Å². The fraction of sp³-hybridized carbons (Fsp3) is 0.500. The van der Waals surface area contributed by atoms with Crippen LogP contribution >= 0.6 is 11.6 Å². The van der Waals surface area contributed by atoms with E-state index in [1.807, 2.05) is 0 Å². The Morgan fingerprint density at radius 1 is 1.42 bits per heavy atom. The molecule has 1 aliphatic carbocycles. The number of hydrogen-bond acceptors (Lipinski definition) is 5. The van der Waals surface area contributed by atoms with Gasteiger partial charge in [-0.05, 0) is 42.3 Å². The monoisotopic (exact) mass is 278 g/mol. The second-order valence-electron chi connectivity index (χ2n) is 4.87. The Morgan fingerprint density at radius 2 is 2.26 bits per heavy atom. The molecule has 19 heavy (non-hydrogen) atoms. The average Bonchev–Trinajstić information content (AvgIpc) is 3.10. The van der Waals surface area contributed by atoms with Gasteiger partial charge in [-0.25, -0.2) is 4.68 Å². The SMILES string of the molecule is CC(CNc1nc(Cl)nc(-n2cccn2)n1)C1CC1. The summed E-state index contributed by atoms with van der Waals surface area (Å²) in [5, 5.41) is 7.47. The lowest BCUT2D eigenvalue weighted by molar-refractivity contribution is 0.534. The molecule has 2 heterocycles. The van der Waals surface area contributed by atoms with Crippen LogP contribution in [0.1, 0.15) is 19.8 Å². The van der Waals surface area contributed by atoms with E-state index in [9.17, 15) is 0 Å². The standard InChI is InChI=1S/C12H15ClN6/c1-8(9-3-4-9)7-14-11-16-10(13)17-12(18-11)19-6-2-5-15-19/h2,5-6,8-9H,3-4,7H2,1H3,(H,14,16,17,18). The van der Waals surface area contributed by atoms with Gasteiger partial charge >= 0.3 is 0 Å². The molecular formula is C12H15ClN6. The Kier molecular flexibility index (Phi) is 3.33. The fourth-order valence-electron chi connectivity index (χ4n) is 1.99. The quantitative estimate of drug-likeness (QED) is 0.908. The topological polar surface area (TPSA) is 68.5 Å². The maximum absolute atomic E-state index is 5.91. The number of aromatic nitrogens is 5. The van der Waals surface area contributed by atoms with Gasteiger partial charge in [0, 0.05) is 18.9 Å². The Bertz CT molecular complexity index is 551. The lowest BCUT2D eigenvalue weighted by atomic mass is 10.1. The normalized spacial score (nSPS) is 16.3. The van der Waals surface area contributed by atoms with E-state index in [1.165, 1.54) is 12.8 Å². The van der Waals surface area contributed by atoms with Gasteiger partial charge in [0.2, 0.25) is 11.2 Å². The van der Waals surface area contributed by atoms with Crippen LogP contribution < -0.4 is 5.32 Å². The highest BCUT2D eigenvalue weighted by atomic mass is 35.5. The summed E-state index contributed by atoms with van der Waals surface area (Å²) in [6.45, 7) is 3.09. The lowest BCUT2D eigenvalue weighted by Crippen LogP contribution is -2.16. The van der Waals surface area contributed by atoms with E-state index in [4.69, 9.17) is 11.6 Å². The molecule has 0 amide bonds. The minimum Gasteiger partial charge on any atom is -0.354 e. The van der Waals surface area contributed by atoms with Crippen LogP contribution in [0, 0.1) is 11.8 Å². The molecule has 2 aromatic rings. The maximum Gasteiger partial charge on any atom is 0.256 e. The first-order valence-corrected chi connectivity index (χ1v) is 6.75. The van der Waals surface area contributed by atoms with Crippen LogP contribution in [0.15, 0.2) is 18.5 Å². The first-order chi connectivity index (χ1) is 9.22. The molecule has 6 nitrogen and oxygen atoms in total. The molecule has 1 unspecified atom stereocenters. The van der Waals surface area contributed by atoms with E-state index in [0.29, 0.717) is 17.8 Å². The molecule has 3 rings (SSSR count). The molecule has 0 bridgehead atoms. The highest BCUT2D eigenvalue weighted by Gasteiger charge is 2.27. The van der Waals surface area contributed by atoms with Crippen molar-refractivity contribution >= 4 is 17.5 Å². The molecule has 1 saturated carbocycles. The van der Waals surface area contributed by atoms with Gasteiger partial charge in [0.1, 0.15) is 0 Å². The van der Waals surface area contributed by atoms with Crippen molar-refractivity contribution in [3.05, 3.63) is 23.7 Å². The van der Waals surface area contributed by atoms with Crippen molar-refractivity contribution in [2.24, 2.45) is 11.8 Å². The van der Waals surface area contributed by atoms with Crippen LogP contribution in [0.2, 0.25) is 5.28 Å². The molecule has 2 aromatic heterocycles. The zero-order chi connectivity index (χ0) is 13.2. The predicted molar refractivity (Wildman–Crippen MR) is 72.3 cm³/mol. The van der Waals surface area contributed by atoms with Crippen molar-refractivity contribution in [3.8, 4) is 5.95 Å². The lowest BCUT2D eigenvalue weighted by Gasteiger charge is -2.11. The zero-order valence-corrected chi connectivity index (χ0v) is 11.4.